The second kappa shape index (κ2) is 5.82. The van der Waals surface area contributed by atoms with Crippen LogP contribution in [0.3, 0.4) is 0 Å². The Morgan fingerprint density at radius 1 is 1.28 bits per heavy atom. The van der Waals surface area contributed by atoms with Crippen molar-refractivity contribution in [3.63, 3.8) is 0 Å². The Kier molecular flexibility index (Phi) is 4.67. The van der Waals surface area contributed by atoms with Gasteiger partial charge in [0.05, 0.1) is 6.54 Å². The molecular formula is C10H7Cl2N3O3. The van der Waals surface area contributed by atoms with Crippen LogP contribution in [-0.2, 0) is 14.4 Å². The molecule has 0 aliphatic heterocycles. The van der Waals surface area contributed by atoms with Gasteiger partial charge >= 0.3 is 0 Å². The summed E-state index contributed by atoms with van der Waals surface area (Å²) in [7, 11) is 0. The molecular weight excluding hydrogens is 281 g/mol. The minimum Gasteiger partial charge on any atom is -0.299 e. The highest BCUT2D eigenvalue weighted by Crippen LogP contribution is 2.30. The third-order valence-electron chi connectivity index (χ3n) is 2.34. The summed E-state index contributed by atoms with van der Waals surface area (Å²) in [5.74, 6) is -1.70. The fourth-order valence-electron chi connectivity index (χ4n) is 1.38. The van der Waals surface area contributed by atoms with Gasteiger partial charge in [0.25, 0.3) is 0 Å². The first-order chi connectivity index (χ1) is 8.40. The van der Waals surface area contributed by atoms with Crippen LogP contribution in [-0.4, -0.2) is 23.9 Å². The van der Waals surface area contributed by atoms with Gasteiger partial charge in [-0.05, 0) is 12.5 Å². The van der Waals surface area contributed by atoms with Gasteiger partial charge in [0.15, 0.2) is 0 Å². The second-order valence-electron chi connectivity index (χ2n) is 3.49. The van der Waals surface area contributed by atoms with Crippen LogP contribution in [0.15, 0.2) is 26.3 Å². The molecule has 0 radical (unpaired) electrons. The van der Waals surface area contributed by atoms with E-state index in [-0.39, 0.29) is 34.2 Å². The first kappa shape index (κ1) is 14.4. The van der Waals surface area contributed by atoms with E-state index in [0.29, 0.717) is 0 Å². The lowest BCUT2D eigenvalue weighted by molar-refractivity contribution is -0.119. The summed E-state index contributed by atoms with van der Waals surface area (Å²) < 4.78 is 0. The zero-order valence-corrected chi connectivity index (χ0v) is 10.7. The van der Waals surface area contributed by atoms with E-state index in [0.717, 1.165) is 0 Å². The van der Waals surface area contributed by atoms with E-state index in [4.69, 9.17) is 28.7 Å². The van der Waals surface area contributed by atoms with Crippen molar-refractivity contribution in [3.05, 3.63) is 31.7 Å². The molecule has 1 rings (SSSR count). The van der Waals surface area contributed by atoms with E-state index in [1.807, 2.05) is 0 Å². The van der Waals surface area contributed by atoms with Gasteiger partial charge in [-0.15, -0.1) is 0 Å². The Morgan fingerprint density at radius 2 is 1.83 bits per heavy atom. The zero-order valence-electron chi connectivity index (χ0n) is 9.24. The van der Waals surface area contributed by atoms with Crippen molar-refractivity contribution in [2.75, 3.05) is 6.54 Å². The van der Waals surface area contributed by atoms with Crippen LogP contribution in [0.25, 0.3) is 10.4 Å². The topological polar surface area (TPSA) is 100.0 Å². The van der Waals surface area contributed by atoms with Crippen molar-refractivity contribution in [3.8, 4) is 0 Å². The monoisotopic (exact) mass is 287 g/mol. The van der Waals surface area contributed by atoms with Gasteiger partial charge in [-0.25, -0.2) is 0 Å². The largest absolute Gasteiger partial charge is 0.299 e. The summed E-state index contributed by atoms with van der Waals surface area (Å²) in [5.41, 5.74) is 8.15. The molecule has 94 valence electrons. The van der Waals surface area contributed by atoms with E-state index in [1.54, 1.807) is 0 Å². The molecule has 0 N–H and O–H groups in total. The Morgan fingerprint density at radius 3 is 2.39 bits per heavy atom. The van der Waals surface area contributed by atoms with Crippen LogP contribution >= 0.6 is 23.2 Å². The van der Waals surface area contributed by atoms with Crippen molar-refractivity contribution in [1.82, 2.24) is 0 Å². The van der Waals surface area contributed by atoms with Crippen LogP contribution in [0.2, 0.25) is 0 Å². The lowest BCUT2D eigenvalue weighted by atomic mass is 9.92. The van der Waals surface area contributed by atoms with Crippen molar-refractivity contribution >= 4 is 40.6 Å². The third kappa shape index (κ3) is 2.79. The Bertz CT molecular complexity index is 557. The molecule has 0 saturated heterocycles. The molecule has 18 heavy (non-hydrogen) atoms. The number of halogens is 2. The quantitative estimate of drug-likeness (QED) is 0.343. The Hall–Kier alpha value is -1.62. The van der Waals surface area contributed by atoms with Crippen LogP contribution in [0.5, 0.6) is 0 Å². The molecule has 0 heterocycles. The molecule has 0 bridgehead atoms. The lowest BCUT2D eigenvalue weighted by Crippen LogP contribution is -2.21. The summed E-state index contributed by atoms with van der Waals surface area (Å²) in [6, 6.07) is 0. The summed E-state index contributed by atoms with van der Waals surface area (Å²) >= 11 is 11.2. The maximum Gasteiger partial charge on any atom is 0.202 e. The summed E-state index contributed by atoms with van der Waals surface area (Å²) in [5, 5.41) is 2.35. The Balaban J connectivity index is 3.02. The summed E-state index contributed by atoms with van der Waals surface area (Å²) in [6.45, 7) is 1.01. The maximum absolute atomic E-state index is 11.8. The molecule has 0 saturated carbocycles. The van der Waals surface area contributed by atoms with E-state index in [2.05, 4.69) is 10.0 Å². The van der Waals surface area contributed by atoms with Crippen LogP contribution in [0.4, 0.5) is 0 Å². The van der Waals surface area contributed by atoms with Crippen LogP contribution < -0.4 is 0 Å². The Labute approximate surface area is 112 Å². The molecule has 6 nitrogen and oxygen atoms in total. The van der Waals surface area contributed by atoms with Crippen molar-refractivity contribution < 1.29 is 14.4 Å². The highest BCUT2D eigenvalue weighted by atomic mass is 35.5. The number of ketones is 3. The molecule has 0 spiro atoms. The molecule has 0 atom stereocenters. The molecule has 0 unspecified atom stereocenters. The number of rotatable bonds is 4. The average Bonchev–Trinajstić information content (AvgIpc) is 2.36. The van der Waals surface area contributed by atoms with Gasteiger partial charge in [0.2, 0.25) is 11.6 Å². The molecule has 8 heteroatoms. The molecule has 1 aliphatic carbocycles. The predicted octanol–water partition coefficient (Wildman–Crippen LogP) is 2.41. The van der Waals surface area contributed by atoms with Crippen molar-refractivity contribution in [2.24, 2.45) is 5.11 Å². The number of carbonyl (C=O) groups excluding carboxylic acids is 3. The number of hydrogen-bond donors (Lipinski definition) is 0. The van der Waals surface area contributed by atoms with Gasteiger partial charge < -0.3 is 0 Å². The highest BCUT2D eigenvalue weighted by molar-refractivity contribution is 6.59. The molecule has 0 aromatic rings. The normalized spacial score (nSPS) is 15.9. The van der Waals surface area contributed by atoms with Gasteiger partial charge in [-0.3, -0.25) is 14.4 Å². The molecule has 0 amide bonds. The molecule has 0 aromatic carbocycles. The third-order valence-corrected chi connectivity index (χ3v) is 3.16. The van der Waals surface area contributed by atoms with E-state index < -0.39 is 17.3 Å². The minimum absolute atomic E-state index is 0.00691. The molecule has 0 aromatic heterocycles. The fraction of sp³-hybridized carbons (Fsp3) is 0.300. The first-order valence-corrected chi connectivity index (χ1v) is 5.52. The van der Waals surface area contributed by atoms with Crippen LogP contribution in [0.1, 0.15) is 13.3 Å². The van der Waals surface area contributed by atoms with E-state index in [9.17, 15) is 14.4 Å². The van der Waals surface area contributed by atoms with Crippen molar-refractivity contribution in [1.29, 1.82) is 0 Å². The number of nitrogens with zero attached hydrogens (tertiary/aromatic N) is 3. The number of azide groups is 1. The van der Waals surface area contributed by atoms with Crippen molar-refractivity contribution in [2.45, 2.75) is 13.3 Å². The number of Topliss-reactive ketones (excluding diaryl/α,β-unsaturated/α-hetero) is 3. The zero-order chi connectivity index (χ0) is 13.9. The number of hydrogen-bond acceptors (Lipinski definition) is 4. The predicted molar refractivity (Wildman–Crippen MR) is 65.1 cm³/mol. The molecule has 1 aliphatic rings. The lowest BCUT2D eigenvalue weighted by Gasteiger charge is -2.15. The average molecular weight is 288 g/mol. The SMILES string of the molecule is CC1=C(CC(=O)CN=[N+]=[N-])C(=O)C(Cl)=C(Cl)C1=O. The molecule has 0 fully saturated rings. The smallest absolute Gasteiger partial charge is 0.202 e. The van der Waals surface area contributed by atoms with E-state index >= 15 is 0 Å². The van der Waals surface area contributed by atoms with E-state index in [1.165, 1.54) is 6.92 Å². The number of allylic oxidation sites excluding steroid dienone is 4. The maximum atomic E-state index is 11.8. The van der Waals surface area contributed by atoms with Gasteiger partial charge in [-0.1, -0.05) is 28.3 Å². The van der Waals surface area contributed by atoms with Gasteiger partial charge in [0, 0.05) is 22.5 Å². The fourth-order valence-corrected chi connectivity index (χ4v) is 1.81. The highest BCUT2D eigenvalue weighted by Gasteiger charge is 2.31. The standard InChI is InChI=1S/C10H7Cl2N3O3/c1-4-6(2-5(16)3-14-15-13)10(18)8(12)7(11)9(4)17/h2-3H2,1H3. The van der Waals surface area contributed by atoms with Gasteiger partial charge in [0.1, 0.15) is 15.8 Å². The summed E-state index contributed by atoms with van der Waals surface area (Å²) in [4.78, 5) is 37.2. The van der Waals surface area contributed by atoms with Gasteiger partial charge in [-0.2, -0.15) is 0 Å². The second-order valence-corrected chi connectivity index (χ2v) is 4.25. The number of carbonyl (C=O) groups is 3. The summed E-state index contributed by atoms with van der Waals surface area (Å²) in [6.07, 6.45) is -0.310. The minimum atomic E-state index is -0.645. The van der Waals surface area contributed by atoms with Crippen LogP contribution in [0, 0.1) is 0 Å². The first-order valence-electron chi connectivity index (χ1n) is 4.77.